The lowest BCUT2D eigenvalue weighted by Crippen LogP contribution is -2.26. The number of rotatable bonds is 4. The lowest BCUT2D eigenvalue weighted by Gasteiger charge is -2.10. The zero-order valence-corrected chi connectivity index (χ0v) is 11.8. The number of aromatic carboxylic acids is 1. The molecule has 6 heteroatoms. The summed E-state index contributed by atoms with van der Waals surface area (Å²) in [5.74, 6) is -1.03. The first-order valence-electron chi connectivity index (χ1n) is 5.88. The summed E-state index contributed by atoms with van der Waals surface area (Å²) in [4.78, 5) is 26.6. The number of allylic oxidation sites excluding steroid dienone is 1. The van der Waals surface area contributed by atoms with Gasteiger partial charge in [0.2, 0.25) is 5.75 Å². The Bertz CT molecular complexity index is 506. The van der Waals surface area contributed by atoms with Gasteiger partial charge in [-0.25, -0.2) is 9.78 Å². The minimum Gasteiger partial charge on any atom is -0.489 e. The Hall–Kier alpha value is -2.11. The Morgan fingerprint density at radius 2 is 2.11 bits per heavy atom. The van der Waals surface area contributed by atoms with Gasteiger partial charge in [-0.15, -0.1) is 6.58 Å². The zero-order chi connectivity index (χ0) is 15.0. The van der Waals surface area contributed by atoms with Crippen molar-refractivity contribution in [1.29, 1.82) is 0 Å². The molecule has 1 aromatic rings. The molecule has 0 spiro atoms. The van der Waals surface area contributed by atoms with E-state index in [0.717, 1.165) is 6.42 Å². The second-order valence-electron chi connectivity index (χ2n) is 3.74. The Morgan fingerprint density at radius 1 is 1.58 bits per heavy atom. The van der Waals surface area contributed by atoms with Gasteiger partial charge in [0.05, 0.1) is 7.11 Å². The van der Waals surface area contributed by atoms with Crippen LogP contribution in [0.4, 0.5) is 0 Å². The Balaban J connectivity index is 0.000000982. The fourth-order valence-electron chi connectivity index (χ4n) is 1.40. The quantitative estimate of drug-likeness (QED) is 0.839. The number of carbonyl (C=O) groups is 1. The molecule has 0 atom stereocenters. The van der Waals surface area contributed by atoms with Crippen LogP contribution in [0.1, 0.15) is 36.6 Å². The Labute approximate surface area is 112 Å². The number of aromatic nitrogens is 2. The summed E-state index contributed by atoms with van der Waals surface area (Å²) in [6, 6.07) is 0. The molecule has 1 N–H and O–H groups in total. The van der Waals surface area contributed by atoms with Crippen molar-refractivity contribution in [2.75, 3.05) is 7.11 Å². The van der Waals surface area contributed by atoms with Crippen molar-refractivity contribution in [3.8, 4) is 5.75 Å². The molecule has 0 saturated heterocycles. The summed E-state index contributed by atoms with van der Waals surface area (Å²) in [6.07, 6.45) is 3.09. The third-order valence-corrected chi connectivity index (χ3v) is 2.22. The normalized spacial score (nSPS) is 9.26. The van der Waals surface area contributed by atoms with Crippen molar-refractivity contribution in [3.63, 3.8) is 0 Å². The standard InChI is InChI=1S/C10H14N2O4.C3H6/c1-4-5-6-11-7(10(14)15)8(16-3)9(13)12(6)2;1-3-2/h4-5H2,1-3H3,(H,14,15);3H,1H2,2H3. The van der Waals surface area contributed by atoms with Crippen LogP contribution in [0.2, 0.25) is 0 Å². The highest BCUT2D eigenvalue weighted by Gasteiger charge is 2.19. The second kappa shape index (κ2) is 8.07. The fourth-order valence-corrected chi connectivity index (χ4v) is 1.40. The molecule has 1 rings (SSSR count). The molecule has 0 aliphatic carbocycles. The molecule has 106 valence electrons. The van der Waals surface area contributed by atoms with Crippen molar-refractivity contribution in [2.24, 2.45) is 7.05 Å². The van der Waals surface area contributed by atoms with Gasteiger partial charge >= 0.3 is 5.97 Å². The number of carboxylic acid groups (broad SMARTS) is 1. The number of methoxy groups -OCH3 is 1. The molecule has 0 amide bonds. The summed E-state index contributed by atoms with van der Waals surface area (Å²) >= 11 is 0. The molecule has 0 aliphatic rings. The Morgan fingerprint density at radius 3 is 2.47 bits per heavy atom. The van der Waals surface area contributed by atoms with Gasteiger partial charge in [-0.1, -0.05) is 13.0 Å². The summed E-state index contributed by atoms with van der Waals surface area (Å²) < 4.78 is 6.09. The molecule has 0 aliphatic heterocycles. The van der Waals surface area contributed by atoms with Gasteiger partial charge in [-0.05, 0) is 13.3 Å². The number of hydrogen-bond acceptors (Lipinski definition) is 4. The lowest BCUT2D eigenvalue weighted by molar-refractivity contribution is 0.0685. The van der Waals surface area contributed by atoms with Crippen LogP contribution < -0.4 is 10.3 Å². The third-order valence-electron chi connectivity index (χ3n) is 2.22. The predicted octanol–water partition coefficient (Wildman–Crippen LogP) is 1.63. The molecule has 0 unspecified atom stereocenters. The van der Waals surface area contributed by atoms with E-state index in [0.29, 0.717) is 12.2 Å². The van der Waals surface area contributed by atoms with E-state index in [1.807, 2.05) is 13.8 Å². The lowest BCUT2D eigenvalue weighted by atomic mass is 10.3. The van der Waals surface area contributed by atoms with E-state index in [1.54, 1.807) is 13.1 Å². The average molecular weight is 268 g/mol. The van der Waals surface area contributed by atoms with Crippen LogP contribution in [0, 0.1) is 0 Å². The van der Waals surface area contributed by atoms with E-state index in [4.69, 9.17) is 9.84 Å². The molecule has 19 heavy (non-hydrogen) atoms. The van der Waals surface area contributed by atoms with E-state index < -0.39 is 11.5 Å². The number of carboxylic acids is 1. The van der Waals surface area contributed by atoms with Gasteiger partial charge in [-0.2, -0.15) is 0 Å². The number of ether oxygens (including phenoxy) is 1. The van der Waals surface area contributed by atoms with E-state index in [9.17, 15) is 9.59 Å². The molecular weight excluding hydrogens is 248 g/mol. The Kier molecular flexibility index (Phi) is 7.18. The SMILES string of the molecule is C=CC.CCCc1nc(C(=O)O)c(OC)c(=O)n1C. The smallest absolute Gasteiger partial charge is 0.358 e. The monoisotopic (exact) mass is 268 g/mol. The maximum atomic E-state index is 11.8. The molecular formula is C13H20N2O4. The van der Waals surface area contributed by atoms with Gasteiger partial charge < -0.3 is 9.84 Å². The van der Waals surface area contributed by atoms with Crippen molar-refractivity contribution in [2.45, 2.75) is 26.7 Å². The summed E-state index contributed by atoms with van der Waals surface area (Å²) in [5.41, 5.74) is -0.799. The molecule has 6 nitrogen and oxygen atoms in total. The fraction of sp³-hybridized carbons (Fsp3) is 0.462. The van der Waals surface area contributed by atoms with Crippen molar-refractivity contribution < 1.29 is 14.6 Å². The predicted molar refractivity (Wildman–Crippen MR) is 72.9 cm³/mol. The maximum Gasteiger partial charge on any atom is 0.358 e. The first kappa shape index (κ1) is 16.9. The average Bonchev–Trinajstić information content (AvgIpc) is 2.35. The number of aryl methyl sites for hydroxylation is 1. The highest BCUT2D eigenvalue weighted by Crippen LogP contribution is 2.11. The van der Waals surface area contributed by atoms with Crippen LogP contribution in [0.15, 0.2) is 17.4 Å². The zero-order valence-electron chi connectivity index (χ0n) is 11.8. The molecule has 0 bridgehead atoms. The molecule has 0 aromatic carbocycles. The largest absolute Gasteiger partial charge is 0.489 e. The van der Waals surface area contributed by atoms with E-state index >= 15 is 0 Å². The van der Waals surface area contributed by atoms with Gasteiger partial charge in [-0.3, -0.25) is 9.36 Å². The number of hydrogen-bond donors (Lipinski definition) is 1. The van der Waals surface area contributed by atoms with Gasteiger partial charge in [0.15, 0.2) is 5.69 Å². The maximum absolute atomic E-state index is 11.8. The number of nitrogens with zero attached hydrogens (tertiary/aromatic N) is 2. The summed E-state index contributed by atoms with van der Waals surface area (Å²) in [7, 11) is 2.80. The van der Waals surface area contributed by atoms with E-state index in [-0.39, 0.29) is 11.4 Å². The minimum absolute atomic E-state index is 0.227. The van der Waals surface area contributed by atoms with Gasteiger partial charge in [0.25, 0.3) is 5.56 Å². The minimum atomic E-state index is -1.26. The molecule has 0 saturated carbocycles. The topological polar surface area (TPSA) is 81.4 Å². The van der Waals surface area contributed by atoms with Crippen LogP contribution in [-0.4, -0.2) is 27.7 Å². The molecule has 1 heterocycles. The van der Waals surface area contributed by atoms with Crippen molar-refractivity contribution in [1.82, 2.24) is 9.55 Å². The van der Waals surface area contributed by atoms with Crippen molar-refractivity contribution >= 4 is 5.97 Å². The van der Waals surface area contributed by atoms with E-state index in [2.05, 4.69) is 11.6 Å². The third kappa shape index (κ3) is 4.24. The summed E-state index contributed by atoms with van der Waals surface area (Å²) in [6.45, 7) is 7.18. The van der Waals surface area contributed by atoms with Gasteiger partial charge in [0, 0.05) is 13.5 Å². The molecule has 0 radical (unpaired) electrons. The first-order chi connectivity index (χ1) is 8.94. The second-order valence-corrected chi connectivity index (χ2v) is 3.74. The van der Waals surface area contributed by atoms with E-state index in [1.165, 1.54) is 11.7 Å². The van der Waals surface area contributed by atoms with Crippen LogP contribution in [0.5, 0.6) is 5.75 Å². The molecule has 1 aromatic heterocycles. The van der Waals surface area contributed by atoms with Crippen LogP contribution in [0.25, 0.3) is 0 Å². The first-order valence-corrected chi connectivity index (χ1v) is 5.88. The van der Waals surface area contributed by atoms with Gasteiger partial charge in [0.1, 0.15) is 5.82 Å². The van der Waals surface area contributed by atoms with Crippen molar-refractivity contribution in [3.05, 3.63) is 34.5 Å². The van der Waals surface area contributed by atoms with Crippen LogP contribution in [0.3, 0.4) is 0 Å². The highest BCUT2D eigenvalue weighted by atomic mass is 16.5. The highest BCUT2D eigenvalue weighted by molar-refractivity contribution is 5.88. The summed E-state index contributed by atoms with van der Waals surface area (Å²) in [5, 5.41) is 8.91. The van der Waals surface area contributed by atoms with Crippen LogP contribution in [-0.2, 0) is 13.5 Å². The molecule has 0 fully saturated rings. The van der Waals surface area contributed by atoms with Crippen LogP contribution >= 0.6 is 0 Å².